The van der Waals surface area contributed by atoms with E-state index >= 15 is 0 Å². The fourth-order valence-electron chi connectivity index (χ4n) is 2.89. The number of hydrogen-bond acceptors (Lipinski definition) is 4. The Hall–Kier alpha value is -3.41. The first-order valence-corrected chi connectivity index (χ1v) is 7.37. The van der Waals surface area contributed by atoms with Crippen LogP contribution >= 0.6 is 0 Å². The second-order valence-corrected chi connectivity index (χ2v) is 5.32. The van der Waals surface area contributed by atoms with Crippen molar-refractivity contribution in [2.45, 2.75) is 0 Å². The van der Waals surface area contributed by atoms with Crippen LogP contribution in [-0.4, -0.2) is 21.6 Å². The molecule has 2 aliphatic heterocycles. The van der Waals surface area contributed by atoms with E-state index in [9.17, 15) is 9.59 Å². The van der Waals surface area contributed by atoms with Crippen molar-refractivity contribution < 1.29 is 4.74 Å². The van der Waals surface area contributed by atoms with Crippen molar-refractivity contribution in [3.05, 3.63) is 75.4 Å². The molecule has 0 spiro atoms. The van der Waals surface area contributed by atoms with E-state index in [1.54, 1.807) is 17.7 Å². The fourth-order valence-corrected chi connectivity index (χ4v) is 2.89. The number of aromatic amines is 1. The van der Waals surface area contributed by atoms with Crippen molar-refractivity contribution >= 4 is 10.9 Å². The van der Waals surface area contributed by atoms with Gasteiger partial charge in [-0.05, 0) is 29.7 Å². The molecule has 2 aliphatic rings. The maximum Gasteiger partial charge on any atom is 0.349 e. The highest BCUT2D eigenvalue weighted by atomic mass is 16.5. The molecule has 0 fully saturated rings. The number of fused-ring (bicyclic) bond motifs is 2. The lowest BCUT2D eigenvalue weighted by Crippen LogP contribution is -2.27. The molecule has 0 aliphatic carbocycles. The van der Waals surface area contributed by atoms with Gasteiger partial charge in [0.15, 0.2) is 5.82 Å². The molecule has 0 saturated heterocycles. The number of H-pyrrole nitrogens is 1. The minimum absolute atomic E-state index is 0.298. The first-order chi connectivity index (χ1) is 11.7. The molecular weight excluding hydrogens is 306 g/mol. The summed E-state index contributed by atoms with van der Waals surface area (Å²) < 4.78 is 7.22. The summed E-state index contributed by atoms with van der Waals surface area (Å²) in [4.78, 5) is 30.3. The van der Waals surface area contributed by atoms with Gasteiger partial charge >= 0.3 is 5.69 Å². The first kappa shape index (κ1) is 14.2. The van der Waals surface area contributed by atoms with Crippen molar-refractivity contribution in [3.8, 4) is 22.8 Å². The van der Waals surface area contributed by atoms with Gasteiger partial charge in [-0.2, -0.15) is 4.98 Å². The van der Waals surface area contributed by atoms with Crippen LogP contribution in [-0.2, 0) is 0 Å². The molecular formula is C18H13N3O3. The second-order valence-electron chi connectivity index (χ2n) is 5.32. The van der Waals surface area contributed by atoms with Crippen molar-refractivity contribution in [1.29, 1.82) is 0 Å². The summed E-state index contributed by atoms with van der Waals surface area (Å²) in [5.74, 6) is 0.918. The Morgan fingerprint density at radius 3 is 2.62 bits per heavy atom. The zero-order valence-electron chi connectivity index (χ0n) is 12.8. The van der Waals surface area contributed by atoms with Gasteiger partial charge < -0.3 is 4.74 Å². The number of para-hydroxylation sites is 3. The van der Waals surface area contributed by atoms with Crippen LogP contribution in [0.2, 0.25) is 0 Å². The van der Waals surface area contributed by atoms with E-state index in [0.29, 0.717) is 22.8 Å². The Kier molecular flexibility index (Phi) is 3.16. The highest BCUT2D eigenvalue weighted by molar-refractivity contribution is 5.87. The van der Waals surface area contributed by atoms with E-state index in [0.717, 1.165) is 10.9 Å². The van der Waals surface area contributed by atoms with E-state index in [1.807, 2.05) is 48.5 Å². The highest BCUT2D eigenvalue weighted by Crippen LogP contribution is 2.31. The number of benzene rings is 2. The number of pyridine rings is 1. The summed E-state index contributed by atoms with van der Waals surface area (Å²) in [7, 11) is 1.58. The molecule has 24 heavy (non-hydrogen) atoms. The fraction of sp³-hybridized carbons (Fsp3) is 0.0556. The monoisotopic (exact) mass is 319 g/mol. The predicted molar refractivity (Wildman–Crippen MR) is 91.1 cm³/mol. The number of aromatic nitrogens is 3. The lowest BCUT2D eigenvalue weighted by atomic mass is 10.1. The molecule has 0 saturated carbocycles. The standard InChI is InChI=1S/C18H13N3O3/c1-24-15-9-5-4-8-14(15)21-13-7-3-2-6-11(13)10-12-16(21)19-18(23)20-17(12)22/h2-10H,1H3,(H,20,22,23). The molecule has 1 N–H and O–H groups in total. The van der Waals surface area contributed by atoms with Gasteiger partial charge in [-0.15, -0.1) is 0 Å². The summed E-state index contributed by atoms with van der Waals surface area (Å²) in [6, 6.07) is 16.7. The molecule has 0 atom stereocenters. The SMILES string of the molecule is COc1ccccc1-n1c2nc(=O)[nH]c(=O)c-2cc2ccccc21. The molecule has 0 amide bonds. The van der Waals surface area contributed by atoms with Crippen LogP contribution in [0.3, 0.4) is 0 Å². The lowest BCUT2D eigenvalue weighted by Gasteiger charge is -2.19. The summed E-state index contributed by atoms with van der Waals surface area (Å²) in [6.45, 7) is 0. The van der Waals surface area contributed by atoms with Gasteiger partial charge in [0.2, 0.25) is 0 Å². The van der Waals surface area contributed by atoms with Crippen molar-refractivity contribution in [2.75, 3.05) is 7.11 Å². The van der Waals surface area contributed by atoms with E-state index in [1.165, 1.54) is 0 Å². The molecule has 0 unspecified atom stereocenters. The molecule has 6 heteroatoms. The molecule has 0 radical (unpaired) electrons. The number of nitrogens with zero attached hydrogens (tertiary/aromatic N) is 2. The van der Waals surface area contributed by atoms with Crippen molar-refractivity contribution in [3.63, 3.8) is 0 Å². The quantitative estimate of drug-likeness (QED) is 0.575. The molecule has 2 aromatic rings. The van der Waals surface area contributed by atoms with E-state index in [2.05, 4.69) is 9.97 Å². The third-order valence-electron chi connectivity index (χ3n) is 3.93. The Bertz CT molecular complexity index is 1140. The topological polar surface area (TPSA) is 77.0 Å². The number of ether oxygens (including phenoxy) is 1. The van der Waals surface area contributed by atoms with Crippen LogP contribution in [0.15, 0.2) is 64.2 Å². The molecule has 0 bridgehead atoms. The molecule has 118 valence electrons. The predicted octanol–water partition coefficient (Wildman–Crippen LogP) is 2.19. The maximum absolute atomic E-state index is 12.2. The first-order valence-electron chi connectivity index (χ1n) is 7.37. The molecule has 2 aromatic carbocycles. The van der Waals surface area contributed by atoms with Crippen LogP contribution in [0.1, 0.15) is 0 Å². The van der Waals surface area contributed by atoms with E-state index in [-0.39, 0.29) is 0 Å². The molecule has 0 aromatic heterocycles. The van der Waals surface area contributed by atoms with Crippen LogP contribution in [0.4, 0.5) is 0 Å². The number of nitrogens with one attached hydrogen (secondary N) is 1. The smallest absolute Gasteiger partial charge is 0.349 e. The van der Waals surface area contributed by atoms with Crippen molar-refractivity contribution in [2.24, 2.45) is 0 Å². The van der Waals surface area contributed by atoms with Gasteiger partial charge in [0.1, 0.15) is 5.75 Å². The van der Waals surface area contributed by atoms with Gasteiger partial charge in [0.05, 0.1) is 23.9 Å². The van der Waals surface area contributed by atoms with Crippen LogP contribution in [0.5, 0.6) is 5.75 Å². The largest absolute Gasteiger partial charge is 0.495 e. The average Bonchev–Trinajstić information content (AvgIpc) is 2.60. The highest BCUT2D eigenvalue weighted by Gasteiger charge is 2.19. The number of rotatable bonds is 2. The Morgan fingerprint density at radius 1 is 1.04 bits per heavy atom. The molecule has 6 nitrogen and oxygen atoms in total. The lowest BCUT2D eigenvalue weighted by molar-refractivity contribution is 0.413. The normalized spacial score (nSPS) is 11.0. The summed E-state index contributed by atoms with van der Waals surface area (Å²) in [6.07, 6.45) is 0. The maximum atomic E-state index is 12.2. The summed E-state index contributed by atoms with van der Waals surface area (Å²) in [5, 5.41) is 0.863. The van der Waals surface area contributed by atoms with E-state index in [4.69, 9.17) is 4.74 Å². The zero-order valence-corrected chi connectivity index (χ0v) is 12.8. The Morgan fingerprint density at radius 2 is 1.79 bits per heavy atom. The van der Waals surface area contributed by atoms with Gasteiger partial charge in [0, 0.05) is 0 Å². The minimum atomic E-state index is -0.675. The van der Waals surface area contributed by atoms with Gasteiger partial charge in [0.25, 0.3) is 5.56 Å². The third kappa shape index (κ3) is 2.08. The second kappa shape index (κ2) is 5.34. The van der Waals surface area contributed by atoms with Crippen LogP contribution < -0.4 is 16.0 Å². The number of hydrogen-bond donors (Lipinski definition) is 1. The minimum Gasteiger partial charge on any atom is -0.495 e. The zero-order chi connectivity index (χ0) is 16.7. The Labute approximate surface area is 136 Å². The van der Waals surface area contributed by atoms with Gasteiger partial charge in [-0.1, -0.05) is 30.3 Å². The van der Waals surface area contributed by atoms with Crippen molar-refractivity contribution in [1.82, 2.24) is 14.5 Å². The molecule has 4 rings (SSSR count). The summed E-state index contributed by atoms with van der Waals surface area (Å²) >= 11 is 0. The third-order valence-corrected chi connectivity index (χ3v) is 3.93. The molecule has 2 heterocycles. The van der Waals surface area contributed by atoms with Gasteiger partial charge in [-0.25, -0.2) is 4.79 Å². The number of methoxy groups -OCH3 is 1. The van der Waals surface area contributed by atoms with Crippen LogP contribution in [0, 0.1) is 0 Å². The van der Waals surface area contributed by atoms with Crippen LogP contribution in [0.25, 0.3) is 28.0 Å². The Balaban J connectivity index is 2.27. The summed E-state index contributed by atoms with van der Waals surface area (Å²) in [5.41, 5.74) is 0.747. The van der Waals surface area contributed by atoms with E-state index < -0.39 is 11.2 Å². The van der Waals surface area contributed by atoms with Gasteiger partial charge in [-0.3, -0.25) is 14.3 Å². The average molecular weight is 319 g/mol.